The zero-order valence-electron chi connectivity index (χ0n) is 11.6. The van der Waals surface area contributed by atoms with Crippen molar-refractivity contribution in [2.75, 3.05) is 14.2 Å². The maximum atomic E-state index is 5.72. The first-order valence-corrected chi connectivity index (χ1v) is 6.47. The fraction of sp³-hybridized carbons (Fsp3) is 0.176. The lowest BCUT2D eigenvalue weighted by molar-refractivity contribution is 0.407. The van der Waals surface area contributed by atoms with Gasteiger partial charge in [-0.1, -0.05) is 18.2 Å². The summed E-state index contributed by atoms with van der Waals surface area (Å²) in [6, 6.07) is 13.9. The van der Waals surface area contributed by atoms with Gasteiger partial charge in [0.1, 0.15) is 17.2 Å². The van der Waals surface area contributed by atoms with Crippen LogP contribution in [0, 0.1) is 0 Å². The van der Waals surface area contributed by atoms with E-state index in [1.807, 2.05) is 48.7 Å². The van der Waals surface area contributed by atoms with Gasteiger partial charge in [0.15, 0.2) is 0 Å². The number of methoxy groups -OCH3 is 2. The van der Waals surface area contributed by atoms with Crippen molar-refractivity contribution in [3.05, 3.63) is 59.9 Å². The highest BCUT2D eigenvalue weighted by molar-refractivity contribution is 5.70. The molecule has 0 amide bonds. The van der Waals surface area contributed by atoms with Gasteiger partial charge in [0, 0.05) is 12.5 Å². The number of hydrogen-bond acceptors (Lipinski definition) is 3. The fourth-order valence-corrected chi connectivity index (χ4v) is 2.27. The van der Waals surface area contributed by atoms with Crippen LogP contribution in [-0.4, -0.2) is 14.2 Å². The molecule has 0 N–H and O–H groups in total. The first kappa shape index (κ1) is 12.6. The second kappa shape index (κ2) is 5.29. The zero-order valence-corrected chi connectivity index (χ0v) is 11.6. The minimum absolute atomic E-state index is 0.810. The average molecular weight is 268 g/mol. The largest absolute Gasteiger partial charge is 0.497 e. The number of fused-ring (bicyclic) bond motifs is 1. The molecule has 2 aromatic rings. The second-order valence-corrected chi connectivity index (χ2v) is 4.64. The molecule has 1 aliphatic heterocycles. The first-order chi connectivity index (χ1) is 9.80. The molecule has 0 atom stereocenters. The number of allylic oxidation sites excluding steroid dienone is 1. The van der Waals surface area contributed by atoms with Gasteiger partial charge in [-0.2, -0.15) is 0 Å². The molecule has 3 heteroatoms. The highest BCUT2D eigenvalue weighted by atomic mass is 16.5. The molecule has 0 radical (unpaired) electrons. The summed E-state index contributed by atoms with van der Waals surface area (Å²) in [6.07, 6.45) is 2.66. The Kier molecular flexibility index (Phi) is 3.33. The molecule has 0 bridgehead atoms. The van der Waals surface area contributed by atoms with Gasteiger partial charge in [-0.25, -0.2) is 0 Å². The molecular weight excluding hydrogens is 252 g/mol. The van der Waals surface area contributed by atoms with E-state index in [4.69, 9.17) is 14.2 Å². The number of ether oxygens (including phenoxy) is 3. The van der Waals surface area contributed by atoms with E-state index in [0.29, 0.717) is 0 Å². The molecule has 1 heterocycles. The summed E-state index contributed by atoms with van der Waals surface area (Å²) in [5.41, 5.74) is 3.47. The van der Waals surface area contributed by atoms with Crippen molar-refractivity contribution in [2.24, 2.45) is 0 Å². The Balaban J connectivity index is 1.85. The molecule has 0 fully saturated rings. The molecule has 102 valence electrons. The van der Waals surface area contributed by atoms with Crippen molar-refractivity contribution >= 4 is 5.57 Å². The Bertz CT molecular complexity index is 642. The molecule has 3 rings (SSSR count). The second-order valence-electron chi connectivity index (χ2n) is 4.64. The van der Waals surface area contributed by atoms with Crippen molar-refractivity contribution in [3.63, 3.8) is 0 Å². The Morgan fingerprint density at radius 2 is 1.60 bits per heavy atom. The standard InChI is InChI=1S/C17H16O3/c1-18-15-6-3-12(4-7-15)14-9-13-5-8-16(19-2)10-17(13)20-11-14/h3-8,10-11H,9H2,1-2H3. The molecular formula is C17H16O3. The molecule has 0 saturated heterocycles. The topological polar surface area (TPSA) is 27.7 Å². The van der Waals surface area contributed by atoms with Crippen molar-refractivity contribution in [2.45, 2.75) is 6.42 Å². The minimum Gasteiger partial charge on any atom is -0.497 e. The fourth-order valence-electron chi connectivity index (χ4n) is 2.27. The van der Waals surface area contributed by atoms with Crippen LogP contribution in [0.3, 0.4) is 0 Å². The summed E-state index contributed by atoms with van der Waals surface area (Å²) < 4.78 is 16.1. The molecule has 3 nitrogen and oxygen atoms in total. The van der Waals surface area contributed by atoms with E-state index in [1.54, 1.807) is 14.2 Å². The Morgan fingerprint density at radius 3 is 2.30 bits per heavy atom. The van der Waals surface area contributed by atoms with E-state index in [1.165, 1.54) is 5.56 Å². The molecule has 1 aliphatic rings. The van der Waals surface area contributed by atoms with Crippen LogP contribution in [0.15, 0.2) is 48.7 Å². The normalized spacial score (nSPS) is 13.0. The summed E-state index contributed by atoms with van der Waals surface area (Å²) in [4.78, 5) is 0. The smallest absolute Gasteiger partial charge is 0.133 e. The third-order valence-electron chi connectivity index (χ3n) is 3.44. The Morgan fingerprint density at radius 1 is 0.900 bits per heavy atom. The predicted molar refractivity (Wildman–Crippen MR) is 78.3 cm³/mol. The summed E-state index contributed by atoms with van der Waals surface area (Å²) in [6.45, 7) is 0. The first-order valence-electron chi connectivity index (χ1n) is 6.47. The summed E-state index contributed by atoms with van der Waals surface area (Å²) in [7, 11) is 3.32. The van der Waals surface area contributed by atoms with E-state index in [2.05, 4.69) is 0 Å². The molecule has 2 aromatic carbocycles. The van der Waals surface area contributed by atoms with E-state index in [9.17, 15) is 0 Å². The van der Waals surface area contributed by atoms with Crippen molar-refractivity contribution in [3.8, 4) is 17.2 Å². The number of rotatable bonds is 3. The van der Waals surface area contributed by atoms with E-state index < -0.39 is 0 Å². The number of benzene rings is 2. The third kappa shape index (κ3) is 2.35. The maximum absolute atomic E-state index is 5.72. The summed E-state index contributed by atoms with van der Waals surface area (Å²) in [5.74, 6) is 2.53. The van der Waals surface area contributed by atoms with Gasteiger partial charge in [-0.15, -0.1) is 0 Å². The predicted octanol–water partition coefficient (Wildman–Crippen LogP) is 3.68. The maximum Gasteiger partial charge on any atom is 0.133 e. The molecule has 0 saturated carbocycles. The van der Waals surface area contributed by atoms with Gasteiger partial charge in [-0.3, -0.25) is 0 Å². The zero-order chi connectivity index (χ0) is 13.9. The third-order valence-corrected chi connectivity index (χ3v) is 3.44. The highest BCUT2D eigenvalue weighted by Gasteiger charge is 2.14. The van der Waals surface area contributed by atoms with Gasteiger partial charge >= 0.3 is 0 Å². The van der Waals surface area contributed by atoms with Gasteiger partial charge in [-0.05, 0) is 34.9 Å². The van der Waals surface area contributed by atoms with E-state index in [-0.39, 0.29) is 0 Å². The van der Waals surface area contributed by atoms with Crippen LogP contribution in [0.4, 0.5) is 0 Å². The molecule has 20 heavy (non-hydrogen) atoms. The van der Waals surface area contributed by atoms with E-state index >= 15 is 0 Å². The lowest BCUT2D eigenvalue weighted by Crippen LogP contribution is -2.02. The average Bonchev–Trinajstić information content (AvgIpc) is 2.54. The van der Waals surface area contributed by atoms with Crippen LogP contribution in [0.5, 0.6) is 17.2 Å². The van der Waals surface area contributed by atoms with Crippen LogP contribution in [0.1, 0.15) is 11.1 Å². The van der Waals surface area contributed by atoms with Crippen molar-refractivity contribution in [1.82, 2.24) is 0 Å². The van der Waals surface area contributed by atoms with Gasteiger partial charge in [0.05, 0.1) is 20.5 Å². The number of hydrogen-bond donors (Lipinski definition) is 0. The molecule has 0 aliphatic carbocycles. The van der Waals surface area contributed by atoms with Crippen LogP contribution < -0.4 is 14.2 Å². The SMILES string of the molecule is COc1ccc(C2=COc3cc(OC)ccc3C2)cc1. The van der Waals surface area contributed by atoms with Gasteiger partial charge in [0.2, 0.25) is 0 Å². The van der Waals surface area contributed by atoms with Crippen molar-refractivity contribution < 1.29 is 14.2 Å². The summed E-state index contributed by atoms with van der Waals surface area (Å²) in [5, 5.41) is 0. The minimum atomic E-state index is 0.810. The van der Waals surface area contributed by atoms with Crippen molar-refractivity contribution in [1.29, 1.82) is 0 Å². The van der Waals surface area contributed by atoms with Gasteiger partial charge in [0.25, 0.3) is 0 Å². The quantitative estimate of drug-likeness (QED) is 0.850. The lowest BCUT2D eigenvalue weighted by Gasteiger charge is -2.18. The van der Waals surface area contributed by atoms with Gasteiger partial charge < -0.3 is 14.2 Å². The van der Waals surface area contributed by atoms with Crippen LogP contribution in [0.2, 0.25) is 0 Å². The summed E-state index contributed by atoms with van der Waals surface area (Å²) >= 11 is 0. The Labute approximate surface area is 118 Å². The molecule has 0 unspecified atom stereocenters. The molecule has 0 spiro atoms. The highest BCUT2D eigenvalue weighted by Crippen LogP contribution is 2.34. The van der Waals surface area contributed by atoms with Crippen LogP contribution >= 0.6 is 0 Å². The lowest BCUT2D eigenvalue weighted by atomic mass is 9.97. The Hall–Kier alpha value is -2.42. The monoisotopic (exact) mass is 268 g/mol. The van der Waals surface area contributed by atoms with E-state index in [0.717, 1.165) is 34.8 Å². The molecule has 0 aromatic heterocycles. The van der Waals surface area contributed by atoms with Crippen LogP contribution in [-0.2, 0) is 6.42 Å². The van der Waals surface area contributed by atoms with Crippen LogP contribution in [0.25, 0.3) is 5.57 Å².